The molecule has 1 aromatic heterocycles. The van der Waals surface area contributed by atoms with E-state index >= 15 is 0 Å². The van der Waals surface area contributed by atoms with E-state index < -0.39 is 6.10 Å². The average Bonchev–Trinajstić information content (AvgIpc) is 2.64. The van der Waals surface area contributed by atoms with Gasteiger partial charge in [-0.3, -0.25) is 4.90 Å². The summed E-state index contributed by atoms with van der Waals surface area (Å²) in [7, 11) is 2.05. The van der Waals surface area contributed by atoms with Gasteiger partial charge in [0, 0.05) is 18.1 Å². The molecule has 1 aliphatic heterocycles. The zero-order chi connectivity index (χ0) is 10.8. The highest BCUT2D eigenvalue weighted by Crippen LogP contribution is 2.31. The number of nitrogens with zero attached hydrogens (tertiary/aromatic N) is 1. The van der Waals surface area contributed by atoms with Crippen LogP contribution in [0.25, 0.3) is 0 Å². The second-order valence-electron chi connectivity index (χ2n) is 3.70. The van der Waals surface area contributed by atoms with Crippen molar-refractivity contribution in [1.29, 1.82) is 0 Å². The van der Waals surface area contributed by atoms with Crippen molar-refractivity contribution in [2.75, 3.05) is 25.1 Å². The standard InChI is InChI=1S/C10H14BrNO2S/c1-12-3-5-15-6-8(12)9(13)10-7(11)2-4-14-10/h2,4,8-9,13H,3,5-6H2,1H3. The van der Waals surface area contributed by atoms with E-state index in [2.05, 4.69) is 20.8 Å². The molecule has 0 amide bonds. The first-order chi connectivity index (χ1) is 7.20. The van der Waals surface area contributed by atoms with E-state index in [1.807, 2.05) is 24.9 Å². The van der Waals surface area contributed by atoms with Gasteiger partial charge in [-0.05, 0) is 29.0 Å². The molecule has 2 unspecified atom stereocenters. The fourth-order valence-electron chi connectivity index (χ4n) is 1.73. The van der Waals surface area contributed by atoms with Crippen LogP contribution in [0.5, 0.6) is 0 Å². The molecule has 0 aliphatic carbocycles. The van der Waals surface area contributed by atoms with Gasteiger partial charge in [-0.15, -0.1) is 0 Å². The van der Waals surface area contributed by atoms with E-state index in [1.165, 1.54) is 0 Å². The number of hydrogen-bond donors (Lipinski definition) is 1. The predicted octanol–water partition coefficient (Wildman–Crippen LogP) is 2.12. The highest BCUT2D eigenvalue weighted by molar-refractivity contribution is 9.10. The Morgan fingerprint density at radius 2 is 2.53 bits per heavy atom. The van der Waals surface area contributed by atoms with Crippen molar-refractivity contribution in [3.8, 4) is 0 Å². The first-order valence-corrected chi connectivity index (χ1v) is 6.84. The van der Waals surface area contributed by atoms with Gasteiger partial charge >= 0.3 is 0 Å². The van der Waals surface area contributed by atoms with E-state index in [4.69, 9.17) is 4.42 Å². The number of rotatable bonds is 2. The summed E-state index contributed by atoms with van der Waals surface area (Å²) in [4.78, 5) is 2.19. The number of aliphatic hydroxyl groups is 1. The molecule has 1 aromatic rings. The summed E-state index contributed by atoms with van der Waals surface area (Å²) in [6.07, 6.45) is 1.05. The monoisotopic (exact) mass is 291 g/mol. The molecule has 0 radical (unpaired) electrons. The van der Waals surface area contributed by atoms with Crippen LogP contribution in [0.15, 0.2) is 21.2 Å². The molecule has 2 atom stereocenters. The molecule has 1 N–H and O–H groups in total. The Kier molecular flexibility index (Phi) is 3.77. The molecule has 1 saturated heterocycles. The molecule has 2 heterocycles. The summed E-state index contributed by atoms with van der Waals surface area (Å²) in [5.41, 5.74) is 0. The molecule has 15 heavy (non-hydrogen) atoms. The maximum Gasteiger partial charge on any atom is 0.148 e. The van der Waals surface area contributed by atoms with Crippen LogP contribution in [0, 0.1) is 0 Å². The Morgan fingerprint density at radius 3 is 3.13 bits per heavy atom. The fraction of sp³-hybridized carbons (Fsp3) is 0.600. The van der Waals surface area contributed by atoms with Gasteiger partial charge in [-0.2, -0.15) is 11.8 Å². The molecule has 1 fully saturated rings. The highest BCUT2D eigenvalue weighted by Gasteiger charge is 2.30. The van der Waals surface area contributed by atoms with Crippen molar-refractivity contribution in [3.05, 3.63) is 22.6 Å². The zero-order valence-electron chi connectivity index (χ0n) is 8.52. The van der Waals surface area contributed by atoms with Crippen molar-refractivity contribution in [3.63, 3.8) is 0 Å². The van der Waals surface area contributed by atoms with Crippen LogP contribution >= 0.6 is 27.7 Å². The number of thioether (sulfide) groups is 1. The number of hydrogen-bond acceptors (Lipinski definition) is 4. The van der Waals surface area contributed by atoms with E-state index in [0.29, 0.717) is 5.76 Å². The topological polar surface area (TPSA) is 36.6 Å². The second kappa shape index (κ2) is 4.91. The largest absolute Gasteiger partial charge is 0.465 e. The SMILES string of the molecule is CN1CCSCC1C(O)c1occc1Br. The Hall–Kier alpha value is 0.0300. The Balaban J connectivity index is 2.13. The first kappa shape index (κ1) is 11.5. The molecular formula is C10H14BrNO2S. The van der Waals surface area contributed by atoms with Crippen LogP contribution in [0.1, 0.15) is 11.9 Å². The lowest BCUT2D eigenvalue weighted by Crippen LogP contribution is -2.43. The normalized spacial score (nSPS) is 25.4. The summed E-state index contributed by atoms with van der Waals surface area (Å²) >= 11 is 5.25. The fourth-order valence-corrected chi connectivity index (χ4v) is 3.43. The second-order valence-corrected chi connectivity index (χ2v) is 5.70. The molecule has 0 bridgehead atoms. The van der Waals surface area contributed by atoms with Gasteiger partial charge in [-0.25, -0.2) is 0 Å². The summed E-state index contributed by atoms with van der Waals surface area (Å²) < 4.78 is 6.14. The minimum Gasteiger partial charge on any atom is -0.465 e. The van der Waals surface area contributed by atoms with Gasteiger partial charge in [-0.1, -0.05) is 0 Å². The van der Waals surface area contributed by atoms with Crippen LogP contribution in [0.2, 0.25) is 0 Å². The Bertz CT molecular complexity index is 331. The lowest BCUT2D eigenvalue weighted by atomic mass is 10.1. The molecule has 1 aliphatic rings. The first-order valence-electron chi connectivity index (χ1n) is 4.89. The lowest BCUT2D eigenvalue weighted by molar-refractivity contribution is 0.0582. The summed E-state index contributed by atoms with van der Waals surface area (Å²) in [6.45, 7) is 1.02. The molecule has 84 valence electrons. The third-order valence-electron chi connectivity index (χ3n) is 2.72. The van der Waals surface area contributed by atoms with Gasteiger partial charge in [0.1, 0.15) is 11.9 Å². The van der Waals surface area contributed by atoms with Crippen LogP contribution in [0.3, 0.4) is 0 Å². The number of likely N-dealkylation sites (N-methyl/N-ethyl adjacent to an activating group) is 1. The third-order valence-corrected chi connectivity index (χ3v) is 4.42. The van der Waals surface area contributed by atoms with Crippen molar-refractivity contribution in [1.82, 2.24) is 4.90 Å². The number of halogens is 1. The summed E-state index contributed by atoms with van der Waals surface area (Å²) in [5.74, 6) is 2.72. The van der Waals surface area contributed by atoms with Gasteiger partial charge in [0.05, 0.1) is 16.8 Å². The highest BCUT2D eigenvalue weighted by atomic mass is 79.9. The zero-order valence-corrected chi connectivity index (χ0v) is 10.9. The molecule has 5 heteroatoms. The van der Waals surface area contributed by atoms with Crippen LogP contribution in [0.4, 0.5) is 0 Å². The smallest absolute Gasteiger partial charge is 0.148 e. The molecule has 0 saturated carbocycles. The third kappa shape index (κ3) is 2.41. The Labute approximate surface area is 102 Å². The van der Waals surface area contributed by atoms with E-state index in [9.17, 15) is 5.11 Å². The van der Waals surface area contributed by atoms with Gasteiger partial charge in [0.15, 0.2) is 0 Å². The maximum atomic E-state index is 10.2. The van der Waals surface area contributed by atoms with Crippen molar-refractivity contribution in [2.45, 2.75) is 12.1 Å². The molecule has 2 rings (SSSR count). The molecule has 0 spiro atoms. The van der Waals surface area contributed by atoms with Crippen LogP contribution in [-0.4, -0.2) is 41.1 Å². The Morgan fingerprint density at radius 1 is 1.73 bits per heavy atom. The van der Waals surface area contributed by atoms with Crippen LogP contribution < -0.4 is 0 Å². The minimum atomic E-state index is -0.549. The van der Waals surface area contributed by atoms with Gasteiger partial charge in [0.25, 0.3) is 0 Å². The van der Waals surface area contributed by atoms with Crippen molar-refractivity contribution >= 4 is 27.7 Å². The predicted molar refractivity (Wildman–Crippen MR) is 65.1 cm³/mol. The van der Waals surface area contributed by atoms with Crippen molar-refractivity contribution < 1.29 is 9.52 Å². The molecule has 0 aromatic carbocycles. The van der Waals surface area contributed by atoms with Gasteiger partial charge < -0.3 is 9.52 Å². The lowest BCUT2D eigenvalue weighted by Gasteiger charge is -2.34. The number of aliphatic hydroxyl groups excluding tert-OH is 1. The maximum absolute atomic E-state index is 10.2. The molecular weight excluding hydrogens is 278 g/mol. The van der Waals surface area contributed by atoms with E-state index in [0.717, 1.165) is 22.5 Å². The quantitative estimate of drug-likeness (QED) is 0.906. The van der Waals surface area contributed by atoms with Crippen molar-refractivity contribution in [2.24, 2.45) is 0 Å². The average molecular weight is 292 g/mol. The summed E-state index contributed by atoms with van der Waals surface area (Å²) in [6, 6.07) is 1.96. The molecule has 3 nitrogen and oxygen atoms in total. The number of furan rings is 1. The van der Waals surface area contributed by atoms with E-state index in [1.54, 1.807) is 6.26 Å². The van der Waals surface area contributed by atoms with Crippen LogP contribution in [-0.2, 0) is 0 Å². The summed E-state index contributed by atoms with van der Waals surface area (Å²) in [5, 5.41) is 10.2. The minimum absolute atomic E-state index is 0.145. The van der Waals surface area contributed by atoms with Gasteiger partial charge in [0.2, 0.25) is 0 Å². The van der Waals surface area contributed by atoms with E-state index in [-0.39, 0.29) is 6.04 Å².